The second kappa shape index (κ2) is 10.6. The number of ether oxygens (including phenoxy) is 1. The van der Waals surface area contributed by atoms with E-state index in [0.29, 0.717) is 57.1 Å². The van der Waals surface area contributed by atoms with Crippen molar-refractivity contribution in [2.24, 2.45) is 0 Å². The standard InChI is InChI=1S/C21H24Cl2N6O4S/c1-12(30)29(13(2)31)21-26-18-17(19(27-21)28-5-7-34(32)8-6-28)24-11-25-20(18)33-10-14-3-4-15(22)9-16(14)23/h3-4,9,11-13,30-31H,5-8,10H2,1-2H3. The van der Waals surface area contributed by atoms with Crippen molar-refractivity contribution in [3.05, 3.63) is 40.1 Å². The number of benzene rings is 1. The van der Waals surface area contributed by atoms with Crippen molar-refractivity contribution in [3.8, 4) is 5.88 Å². The van der Waals surface area contributed by atoms with Crippen molar-refractivity contribution in [2.45, 2.75) is 32.9 Å². The number of aliphatic hydroxyl groups is 2. The molecule has 13 heteroatoms. The molecule has 0 bridgehead atoms. The minimum Gasteiger partial charge on any atom is -0.616 e. The van der Waals surface area contributed by atoms with Crippen LogP contribution in [0.15, 0.2) is 24.5 Å². The van der Waals surface area contributed by atoms with E-state index >= 15 is 0 Å². The molecule has 3 aromatic rings. The van der Waals surface area contributed by atoms with Crippen LogP contribution in [0.4, 0.5) is 11.8 Å². The summed E-state index contributed by atoms with van der Waals surface area (Å²) in [6.07, 6.45) is -0.779. The van der Waals surface area contributed by atoms with Crippen molar-refractivity contribution >= 4 is 57.2 Å². The molecule has 1 aliphatic heterocycles. The van der Waals surface area contributed by atoms with Crippen LogP contribution >= 0.6 is 23.2 Å². The van der Waals surface area contributed by atoms with Gasteiger partial charge in [0.1, 0.15) is 42.4 Å². The van der Waals surface area contributed by atoms with Crippen LogP contribution in [0.1, 0.15) is 19.4 Å². The number of halogens is 2. The molecule has 3 heterocycles. The van der Waals surface area contributed by atoms with Gasteiger partial charge in [-0.2, -0.15) is 9.97 Å². The van der Waals surface area contributed by atoms with Crippen molar-refractivity contribution in [1.82, 2.24) is 19.9 Å². The monoisotopic (exact) mass is 526 g/mol. The molecule has 2 N–H and O–H groups in total. The van der Waals surface area contributed by atoms with Gasteiger partial charge in [-0.15, -0.1) is 0 Å². The smallest absolute Gasteiger partial charge is 0.244 e. The molecule has 1 saturated heterocycles. The molecule has 2 atom stereocenters. The van der Waals surface area contributed by atoms with Gasteiger partial charge in [0.25, 0.3) is 0 Å². The van der Waals surface area contributed by atoms with Gasteiger partial charge in [-0.1, -0.05) is 40.4 Å². The summed E-state index contributed by atoms with van der Waals surface area (Å²) >= 11 is 11.4. The molecule has 0 radical (unpaired) electrons. The summed E-state index contributed by atoms with van der Waals surface area (Å²) in [7, 11) is 0. The largest absolute Gasteiger partial charge is 0.616 e. The van der Waals surface area contributed by atoms with Gasteiger partial charge in [0.15, 0.2) is 11.3 Å². The summed E-state index contributed by atoms with van der Waals surface area (Å²) in [5.41, 5.74) is 1.46. The fourth-order valence-corrected chi connectivity index (χ4v) is 5.14. The number of hydrogen-bond acceptors (Lipinski definition) is 10. The van der Waals surface area contributed by atoms with E-state index in [4.69, 9.17) is 27.9 Å². The fourth-order valence-electron chi connectivity index (χ4n) is 3.62. The Morgan fingerprint density at radius 1 is 1.12 bits per heavy atom. The van der Waals surface area contributed by atoms with Crippen LogP contribution in [0.25, 0.3) is 11.0 Å². The predicted octanol–water partition coefficient (Wildman–Crippen LogP) is 2.36. The molecule has 1 aromatic carbocycles. The Bertz CT molecular complexity index is 1160. The van der Waals surface area contributed by atoms with Crippen molar-refractivity contribution in [3.63, 3.8) is 0 Å². The molecule has 2 unspecified atom stereocenters. The zero-order chi connectivity index (χ0) is 24.4. The molecule has 10 nitrogen and oxygen atoms in total. The Morgan fingerprint density at radius 3 is 2.47 bits per heavy atom. The van der Waals surface area contributed by atoms with Crippen LogP contribution in [0.5, 0.6) is 5.88 Å². The molecule has 182 valence electrons. The summed E-state index contributed by atoms with van der Waals surface area (Å²) in [5, 5.41) is 21.5. The molecule has 1 aliphatic rings. The first-order valence-corrected chi connectivity index (χ1v) is 12.8. The van der Waals surface area contributed by atoms with Crippen LogP contribution in [-0.2, 0) is 17.8 Å². The SMILES string of the molecule is CC(O)N(c1nc(N2CC[S+]([O-])CC2)c2ncnc(OCc3ccc(Cl)cc3Cl)c2n1)C(C)O. The van der Waals surface area contributed by atoms with Crippen LogP contribution in [-0.4, -0.2) is 71.8 Å². The van der Waals surface area contributed by atoms with E-state index in [-0.39, 0.29) is 18.4 Å². The van der Waals surface area contributed by atoms with E-state index in [9.17, 15) is 14.8 Å². The maximum absolute atomic E-state index is 11.9. The van der Waals surface area contributed by atoms with Crippen molar-refractivity contribution < 1.29 is 19.5 Å². The highest BCUT2D eigenvalue weighted by atomic mass is 35.5. The average Bonchev–Trinajstić information content (AvgIpc) is 2.78. The van der Waals surface area contributed by atoms with E-state index in [1.54, 1.807) is 18.2 Å². The van der Waals surface area contributed by atoms with Gasteiger partial charge in [0.05, 0.1) is 13.1 Å². The molecule has 0 saturated carbocycles. The maximum atomic E-state index is 11.9. The van der Waals surface area contributed by atoms with Gasteiger partial charge in [0.2, 0.25) is 11.8 Å². The lowest BCUT2D eigenvalue weighted by Gasteiger charge is -2.32. The number of hydrogen-bond donors (Lipinski definition) is 2. The van der Waals surface area contributed by atoms with E-state index in [0.717, 1.165) is 0 Å². The second-order valence-corrected chi connectivity index (χ2v) is 10.3. The Balaban J connectivity index is 1.79. The van der Waals surface area contributed by atoms with Crippen LogP contribution < -0.4 is 14.5 Å². The van der Waals surface area contributed by atoms with Gasteiger partial charge >= 0.3 is 0 Å². The van der Waals surface area contributed by atoms with E-state index in [1.807, 2.05) is 4.90 Å². The molecule has 4 rings (SSSR count). The number of fused-ring (bicyclic) bond motifs is 1. The third-order valence-corrected chi connectivity index (χ3v) is 7.17. The Hall–Kier alpha value is -2.15. The maximum Gasteiger partial charge on any atom is 0.244 e. The fraction of sp³-hybridized carbons (Fsp3) is 0.429. The topological polar surface area (TPSA) is 131 Å². The van der Waals surface area contributed by atoms with Crippen LogP contribution in [0.2, 0.25) is 10.0 Å². The minimum absolute atomic E-state index is 0.0865. The summed E-state index contributed by atoms with van der Waals surface area (Å²) in [6.45, 7) is 4.15. The van der Waals surface area contributed by atoms with Crippen LogP contribution in [0, 0.1) is 0 Å². The highest BCUT2D eigenvalue weighted by Gasteiger charge is 2.28. The predicted molar refractivity (Wildman–Crippen MR) is 132 cm³/mol. The number of nitrogens with zero attached hydrogens (tertiary/aromatic N) is 6. The van der Waals surface area contributed by atoms with Gasteiger partial charge in [-0.05, 0) is 26.0 Å². The number of aliphatic hydroxyl groups excluding tert-OH is 2. The third kappa shape index (κ3) is 5.40. The molecule has 0 spiro atoms. The van der Waals surface area contributed by atoms with Gasteiger partial charge in [0, 0.05) is 15.6 Å². The van der Waals surface area contributed by atoms with Crippen molar-refractivity contribution in [1.29, 1.82) is 0 Å². The molecule has 34 heavy (non-hydrogen) atoms. The lowest BCUT2D eigenvalue weighted by molar-refractivity contribution is 0.103. The lowest BCUT2D eigenvalue weighted by atomic mass is 10.2. The summed E-state index contributed by atoms with van der Waals surface area (Å²) in [4.78, 5) is 21.0. The van der Waals surface area contributed by atoms with Crippen LogP contribution in [0.3, 0.4) is 0 Å². The normalized spacial score (nSPS) is 16.5. The highest BCUT2D eigenvalue weighted by molar-refractivity contribution is 7.91. The summed E-state index contributed by atoms with van der Waals surface area (Å²) in [6, 6.07) is 5.10. The molecule has 0 aliphatic carbocycles. The molecule has 1 fully saturated rings. The van der Waals surface area contributed by atoms with E-state index in [2.05, 4.69) is 19.9 Å². The van der Waals surface area contributed by atoms with Crippen molar-refractivity contribution in [2.75, 3.05) is 34.4 Å². The number of rotatable bonds is 7. The first-order valence-electron chi connectivity index (χ1n) is 10.6. The lowest BCUT2D eigenvalue weighted by Crippen LogP contribution is -2.43. The first-order chi connectivity index (χ1) is 16.2. The Kier molecular flexibility index (Phi) is 7.80. The van der Waals surface area contributed by atoms with E-state index in [1.165, 1.54) is 25.1 Å². The number of anilines is 2. The third-order valence-electron chi connectivity index (χ3n) is 5.31. The zero-order valence-corrected chi connectivity index (χ0v) is 20.9. The number of aromatic nitrogens is 4. The average molecular weight is 527 g/mol. The first kappa shape index (κ1) is 25.0. The molecular formula is C21H24Cl2N6O4S. The Labute approximate surface area is 209 Å². The van der Waals surface area contributed by atoms with Gasteiger partial charge in [-0.25, -0.2) is 9.97 Å². The highest BCUT2D eigenvalue weighted by Crippen LogP contribution is 2.32. The van der Waals surface area contributed by atoms with Gasteiger partial charge < -0.3 is 24.4 Å². The second-order valence-electron chi connectivity index (χ2n) is 7.75. The van der Waals surface area contributed by atoms with Gasteiger partial charge in [-0.3, -0.25) is 4.90 Å². The zero-order valence-electron chi connectivity index (χ0n) is 18.6. The van der Waals surface area contributed by atoms with E-state index < -0.39 is 23.6 Å². The molecular weight excluding hydrogens is 503 g/mol. The quantitative estimate of drug-likeness (QED) is 0.349. The summed E-state index contributed by atoms with van der Waals surface area (Å²) in [5.74, 6) is 1.77. The molecule has 2 aromatic heterocycles. The Morgan fingerprint density at radius 2 is 1.82 bits per heavy atom. The summed E-state index contributed by atoms with van der Waals surface area (Å²) < 4.78 is 17.9. The molecule has 0 amide bonds. The minimum atomic E-state index is -1.07.